The summed E-state index contributed by atoms with van der Waals surface area (Å²) < 4.78 is 16.5. The molecule has 202 valence electrons. The molecule has 1 fully saturated rings. The number of likely N-dealkylation sites (tertiary alicyclic amines) is 1. The number of anilines is 1. The summed E-state index contributed by atoms with van der Waals surface area (Å²) in [7, 11) is 3.14. The van der Waals surface area contributed by atoms with Gasteiger partial charge in [0.25, 0.3) is 0 Å². The number of aromatic nitrogens is 1. The van der Waals surface area contributed by atoms with E-state index in [1.807, 2.05) is 26.0 Å². The minimum Gasteiger partial charge on any atom is -0.485 e. The summed E-state index contributed by atoms with van der Waals surface area (Å²) in [6.07, 6.45) is 6.00. The van der Waals surface area contributed by atoms with Gasteiger partial charge in [-0.15, -0.1) is 0 Å². The molecule has 0 radical (unpaired) electrons. The van der Waals surface area contributed by atoms with E-state index in [1.54, 1.807) is 7.11 Å². The topological polar surface area (TPSA) is 72.9 Å². The maximum absolute atomic E-state index is 12.3. The summed E-state index contributed by atoms with van der Waals surface area (Å²) in [5.74, 6) is 2.39. The molecular formula is C30H43N3O4. The molecule has 2 aliphatic heterocycles. The number of benzene rings is 1. The van der Waals surface area contributed by atoms with E-state index >= 15 is 0 Å². The predicted molar refractivity (Wildman–Crippen MR) is 146 cm³/mol. The molecule has 4 rings (SSSR count). The van der Waals surface area contributed by atoms with Crippen molar-refractivity contribution >= 4 is 11.8 Å². The molecule has 2 unspecified atom stereocenters. The summed E-state index contributed by atoms with van der Waals surface area (Å²) in [4.78, 5) is 19.7. The maximum Gasteiger partial charge on any atom is 0.306 e. The Morgan fingerprint density at radius 1 is 1.24 bits per heavy atom. The van der Waals surface area contributed by atoms with Gasteiger partial charge in [-0.2, -0.15) is 0 Å². The largest absolute Gasteiger partial charge is 0.485 e. The van der Waals surface area contributed by atoms with E-state index in [9.17, 15) is 4.79 Å². The molecule has 0 spiro atoms. The Labute approximate surface area is 221 Å². The molecule has 0 amide bonds. The molecule has 37 heavy (non-hydrogen) atoms. The van der Waals surface area contributed by atoms with Crippen LogP contribution in [0.4, 0.5) is 5.82 Å². The van der Waals surface area contributed by atoms with E-state index in [4.69, 9.17) is 19.2 Å². The lowest BCUT2D eigenvalue weighted by atomic mass is 9.94. The van der Waals surface area contributed by atoms with Crippen LogP contribution in [-0.2, 0) is 27.1 Å². The van der Waals surface area contributed by atoms with Crippen LogP contribution in [0.15, 0.2) is 36.4 Å². The summed E-state index contributed by atoms with van der Waals surface area (Å²) in [6, 6.07) is 12.6. The molecule has 1 N–H and O–H groups in total. The molecule has 7 nitrogen and oxygen atoms in total. The van der Waals surface area contributed by atoms with Crippen molar-refractivity contribution < 1.29 is 19.0 Å². The molecule has 3 heterocycles. The average molecular weight is 510 g/mol. The third kappa shape index (κ3) is 7.92. The van der Waals surface area contributed by atoms with Crippen LogP contribution in [0.5, 0.6) is 5.75 Å². The smallest absolute Gasteiger partial charge is 0.306 e. The normalized spacial score (nSPS) is 18.6. The van der Waals surface area contributed by atoms with Crippen LogP contribution in [0.2, 0.25) is 0 Å². The van der Waals surface area contributed by atoms with Gasteiger partial charge in [0.2, 0.25) is 0 Å². The third-order valence-electron chi connectivity index (χ3n) is 7.47. The second-order valence-electron chi connectivity index (χ2n) is 11.1. The van der Waals surface area contributed by atoms with Crippen molar-refractivity contribution in [3.63, 3.8) is 0 Å². The number of nitrogens with one attached hydrogen (secondary N) is 1. The fourth-order valence-corrected chi connectivity index (χ4v) is 5.59. The average Bonchev–Trinajstić information content (AvgIpc) is 3.34. The van der Waals surface area contributed by atoms with E-state index in [2.05, 4.69) is 34.5 Å². The van der Waals surface area contributed by atoms with Crippen molar-refractivity contribution in [3.05, 3.63) is 53.2 Å². The van der Waals surface area contributed by atoms with Crippen molar-refractivity contribution in [1.29, 1.82) is 0 Å². The first-order chi connectivity index (χ1) is 17.8. The molecule has 1 aromatic heterocycles. The van der Waals surface area contributed by atoms with Gasteiger partial charge in [0.05, 0.1) is 20.1 Å². The number of hydrogen-bond acceptors (Lipinski definition) is 7. The monoisotopic (exact) mass is 509 g/mol. The van der Waals surface area contributed by atoms with Gasteiger partial charge in [0.15, 0.2) is 0 Å². The SMILES string of the molecule is COCC(C)(C)Oc1cccc(C(CC(=O)OC)CN2CCC(CCc3ccc4c(n3)NCCC4)C2)c1. The Balaban J connectivity index is 1.35. The number of carbonyl (C=O) groups is 1. The lowest BCUT2D eigenvalue weighted by molar-refractivity contribution is -0.141. The zero-order chi connectivity index (χ0) is 26.3. The van der Waals surface area contributed by atoms with Crippen molar-refractivity contribution in [2.45, 2.75) is 63.9 Å². The zero-order valence-corrected chi connectivity index (χ0v) is 22.9. The summed E-state index contributed by atoms with van der Waals surface area (Å²) >= 11 is 0. The van der Waals surface area contributed by atoms with Gasteiger partial charge in [-0.3, -0.25) is 4.79 Å². The van der Waals surface area contributed by atoms with Gasteiger partial charge in [-0.25, -0.2) is 4.98 Å². The molecule has 2 aliphatic rings. The lowest BCUT2D eigenvalue weighted by Crippen LogP contribution is -2.33. The number of carbonyl (C=O) groups excluding carboxylic acids is 1. The first kappa shape index (κ1) is 27.4. The molecular weight excluding hydrogens is 466 g/mol. The van der Waals surface area contributed by atoms with Crippen LogP contribution in [0.25, 0.3) is 0 Å². The Hall–Kier alpha value is -2.64. The number of esters is 1. The van der Waals surface area contributed by atoms with Crippen molar-refractivity contribution in [2.75, 3.05) is 52.3 Å². The first-order valence-corrected chi connectivity index (χ1v) is 13.6. The van der Waals surface area contributed by atoms with Crippen LogP contribution in [0, 0.1) is 5.92 Å². The standard InChI is InChI=1S/C30H43N3O4/c1-30(2,21-35-3)37-27-9-5-7-24(17-27)25(18-28(34)36-4)20-33-16-14-22(19-33)10-12-26-13-11-23-8-6-15-31-29(23)32-26/h5,7,9,11,13,17,22,25H,6,8,10,12,14-16,18-21H2,1-4H3,(H,31,32). The van der Waals surface area contributed by atoms with Gasteiger partial charge in [0.1, 0.15) is 17.2 Å². The number of ether oxygens (including phenoxy) is 3. The van der Waals surface area contributed by atoms with Gasteiger partial charge >= 0.3 is 5.97 Å². The molecule has 1 saturated heterocycles. The van der Waals surface area contributed by atoms with E-state index in [-0.39, 0.29) is 11.9 Å². The Bertz CT molecular complexity index is 1040. The second-order valence-corrected chi connectivity index (χ2v) is 11.1. The van der Waals surface area contributed by atoms with Gasteiger partial charge < -0.3 is 24.4 Å². The lowest BCUT2D eigenvalue weighted by Gasteiger charge is -2.27. The molecule has 0 aliphatic carbocycles. The Kier molecular flexibility index (Phi) is 9.43. The highest BCUT2D eigenvalue weighted by molar-refractivity contribution is 5.70. The number of methoxy groups -OCH3 is 2. The van der Waals surface area contributed by atoms with Crippen LogP contribution in [-0.4, -0.2) is 68.5 Å². The number of fused-ring (bicyclic) bond motifs is 1. The van der Waals surface area contributed by atoms with E-state index < -0.39 is 5.60 Å². The van der Waals surface area contributed by atoms with Crippen LogP contribution >= 0.6 is 0 Å². The van der Waals surface area contributed by atoms with Crippen LogP contribution in [0.3, 0.4) is 0 Å². The number of pyridine rings is 1. The van der Waals surface area contributed by atoms with Gasteiger partial charge in [0, 0.05) is 38.4 Å². The van der Waals surface area contributed by atoms with Gasteiger partial charge in [-0.1, -0.05) is 18.2 Å². The maximum atomic E-state index is 12.3. The minimum atomic E-state index is -0.434. The minimum absolute atomic E-state index is 0.0497. The van der Waals surface area contributed by atoms with Crippen LogP contribution in [0.1, 0.15) is 62.3 Å². The van der Waals surface area contributed by atoms with Crippen molar-refractivity contribution in [2.24, 2.45) is 5.92 Å². The molecule has 0 bridgehead atoms. The fraction of sp³-hybridized carbons (Fsp3) is 0.600. The summed E-state index contributed by atoms with van der Waals surface area (Å²) in [5.41, 5.74) is 3.19. The third-order valence-corrected chi connectivity index (χ3v) is 7.47. The molecule has 0 saturated carbocycles. The highest BCUT2D eigenvalue weighted by atomic mass is 16.5. The number of rotatable bonds is 12. The summed E-state index contributed by atoms with van der Waals surface area (Å²) in [6.45, 7) is 8.47. The van der Waals surface area contributed by atoms with E-state index in [1.165, 1.54) is 31.2 Å². The Morgan fingerprint density at radius 2 is 2.11 bits per heavy atom. The fourth-order valence-electron chi connectivity index (χ4n) is 5.59. The number of aryl methyl sites for hydroxylation is 2. The second kappa shape index (κ2) is 12.7. The highest BCUT2D eigenvalue weighted by Crippen LogP contribution is 2.30. The quantitative estimate of drug-likeness (QED) is 0.410. The van der Waals surface area contributed by atoms with Crippen molar-refractivity contribution in [1.82, 2.24) is 9.88 Å². The van der Waals surface area contributed by atoms with Gasteiger partial charge in [-0.05, 0) is 87.7 Å². The van der Waals surface area contributed by atoms with Crippen LogP contribution < -0.4 is 10.1 Å². The van der Waals surface area contributed by atoms with E-state index in [0.29, 0.717) is 18.9 Å². The first-order valence-electron chi connectivity index (χ1n) is 13.6. The molecule has 7 heteroatoms. The number of nitrogens with zero attached hydrogens (tertiary/aromatic N) is 2. The summed E-state index contributed by atoms with van der Waals surface area (Å²) in [5, 5.41) is 3.45. The van der Waals surface area contributed by atoms with Crippen molar-refractivity contribution in [3.8, 4) is 5.75 Å². The van der Waals surface area contributed by atoms with E-state index in [0.717, 1.165) is 62.6 Å². The highest BCUT2D eigenvalue weighted by Gasteiger charge is 2.27. The number of hydrogen-bond donors (Lipinski definition) is 1. The molecule has 2 aromatic rings. The molecule has 1 aromatic carbocycles. The Morgan fingerprint density at radius 3 is 2.92 bits per heavy atom. The predicted octanol–water partition coefficient (Wildman–Crippen LogP) is 4.84. The molecule has 2 atom stereocenters. The zero-order valence-electron chi connectivity index (χ0n) is 22.9.